The number of halogens is 1. The molecule has 13 nitrogen and oxygen atoms in total. The van der Waals surface area contributed by atoms with Crippen molar-refractivity contribution in [2.24, 2.45) is 0 Å². The van der Waals surface area contributed by atoms with Crippen LogP contribution >= 0.6 is 22.6 Å². The SMILES string of the molecule is CC(=O)OC[C@H]1O[C@H](OC[C@H]2O[C@@H]3OC(C)(C)O[C@@H]3[C@H]3OC(C)(C)O[C@H]32)[C@@H](I)[C@@H](OC(C)=O)[C@@H]1OC(C)=O. The van der Waals surface area contributed by atoms with E-state index >= 15 is 0 Å². The van der Waals surface area contributed by atoms with Gasteiger partial charge in [-0.1, -0.05) is 22.6 Å². The van der Waals surface area contributed by atoms with E-state index in [1.807, 2.05) is 36.4 Å². The number of hydrogen-bond acceptors (Lipinski definition) is 13. The van der Waals surface area contributed by atoms with E-state index in [4.69, 9.17) is 47.4 Å². The molecule has 0 aromatic carbocycles. The number of hydrogen-bond donors (Lipinski definition) is 0. The minimum absolute atomic E-state index is 0.00307. The van der Waals surface area contributed by atoms with E-state index in [2.05, 4.69) is 0 Å². The topological polar surface area (TPSA) is 144 Å². The Kier molecular flexibility index (Phi) is 8.94. The van der Waals surface area contributed by atoms with Crippen LogP contribution in [0.25, 0.3) is 0 Å². The van der Waals surface area contributed by atoms with Gasteiger partial charge in [-0.2, -0.15) is 0 Å². The Morgan fingerprint density at radius 3 is 1.92 bits per heavy atom. The van der Waals surface area contributed by atoms with Gasteiger partial charge in [0, 0.05) is 20.8 Å². The van der Waals surface area contributed by atoms with Gasteiger partial charge in [-0.3, -0.25) is 14.4 Å². The summed E-state index contributed by atoms with van der Waals surface area (Å²) in [6.07, 6.45) is -6.62. The highest BCUT2D eigenvalue weighted by molar-refractivity contribution is 14.1. The van der Waals surface area contributed by atoms with Crippen molar-refractivity contribution in [3.05, 3.63) is 0 Å². The second-order valence-corrected chi connectivity index (χ2v) is 11.9. The molecule has 4 aliphatic heterocycles. The Morgan fingerprint density at radius 1 is 0.711 bits per heavy atom. The first-order chi connectivity index (χ1) is 17.7. The number of carbonyl (C=O) groups is 3. The fourth-order valence-corrected chi connectivity index (χ4v) is 5.95. The van der Waals surface area contributed by atoms with E-state index in [-0.39, 0.29) is 13.2 Å². The largest absolute Gasteiger partial charge is 0.463 e. The van der Waals surface area contributed by atoms with Crippen molar-refractivity contribution in [1.82, 2.24) is 0 Å². The average Bonchev–Trinajstić information content (AvgIpc) is 3.27. The molecule has 0 amide bonds. The molecule has 4 saturated heterocycles. The molecule has 216 valence electrons. The van der Waals surface area contributed by atoms with E-state index in [1.165, 1.54) is 20.8 Å². The maximum Gasteiger partial charge on any atom is 0.303 e. The lowest BCUT2D eigenvalue weighted by molar-refractivity contribution is -0.284. The molecule has 10 atom stereocenters. The van der Waals surface area contributed by atoms with Gasteiger partial charge in [0.1, 0.15) is 41.1 Å². The third-order valence-corrected chi connectivity index (χ3v) is 7.60. The summed E-state index contributed by atoms with van der Waals surface area (Å²) in [4.78, 5) is 35.2. The highest BCUT2D eigenvalue weighted by Crippen LogP contribution is 2.44. The molecular formula is C24H35IO13. The molecule has 4 heterocycles. The number of rotatable bonds is 7. The van der Waals surface area contributed by atoms with Crippen LogP contribution in [0.4, 0.5) is 0 Å². The van der Waals surface area contributed by atoms with Gasteiger partial charge in [-0.05, 0) is 27.7 Å². The molecule has 0 aliphatic carbocycles. The lowest BCUT2D eigenvalue weighted by Crippen LogP contribution is -2.61. The van der Waals surface area contributed by atoms with E-state index < -0.39 is 88.7 Å². The third-order valence-electron chi connectivity index (χ3n) is 6.30. The molecule has 0 radical (unpaired) electrons. The Labute approximate surface area is 234 Å². The molecule has 0 N–H and O–H groups in total. The molecule has 0 spiro atoms. The van der Waals surface area contributed by atoms with Crippen molar-refractivity contribution < 1.29 is 61.8 Å². The maximum atomic E-state index is 11.9. The minimum atomic E-state index is -1.02. The zero-order chi connectivity index (χ0) is 28.0. The van der Waals surface area contributed by atoms with Crippen molar-refractivity contribution in [3.63, 3.8) is 0 Å². The predicted octanol–water partition coefficient (Wildman–Crippen LogP) is 1.35. The number of alkyl halides is 1. The summed E-state index contributed by atoms with van der Waals surface area (Å²) >= 11 is 2.02. The van der Waals surface area contributed by atoms with Gasteiger partial charge in [0.15, 0.2) is 36.4 Å². The molecule has 38 heavy (non-hydrogen) atoms. The highest BCUT2D eigenvalue weighted by Gasteiger charge is 2.61. The van der Waals surface area contributed by atoms with E-state index in [1.54, 1.807) is 13.8 Å². The van der Waals surface area contributed by atoms with Crippen molar-refractivity contribution in [2.45, 2.75) is 119 Å². The fourth-order valence-electron chi connectivity index (χ4n) is 5.01. The van der Waals surface area contributed by atoms with Crippen LogP contribution in [-0.2, 0) is 61.8 Å². The second kappa shape index (κ2) is 11.4. The van der Waals surface area contributed by atoms with Crippen molar-refractivity contribution >= 4 is 40.5 Å². The summed E-state index contributed by atoms with van der Waals surface area (Å²) < 4.78 is 58.1. The van der Waals surface area contributed by atoms with Crippen LogP contribution in [0.1, 0.15) is 48.5 Å². The fraction of sp³-hybridized carbons (Fsp3) is 0.875. The summed E-state index contributed by atoms with van der Waals surface area (Å²) in [5.74, 6) is -3.47. The maximum absolute atomic E-state index is 11.9. The Morgan fingerprint density at radius 2 is 1.29 bits per heavy atom. The number of ether oxygens (including phenoxy) is 10. The highest BCUT2D eigenvalue weighted by atomic mass is 127. The van der Waals surface area contributed by atoms with Gasteiger partial charge in [-0.15, -0.1) is 0 Å². The summed E-state index contributed by atoms with van der Waals surface area (Å²) in [6, 6.07) is 0. The molecule has 0 unspecified atom stereocenters. The zero-order valence-corrected chi connectivity index (χ0v) is 24.5. The summed E-state index contributed by atoms with van der Waals surface area (Å²) in [6.45, 7) is 10.7. The molecule has 0 aromatic heterocycles. The van der Waals surface area contributed by atoms with E-state index in [0.29, 0.717) is 0 Å². The van der Waals surface area contributed by atoms with Crippen LogP contribution in [-0.4, -0.2) is 102 Å². The number of fused-ring (bicyclic) bond motifs is 3. The van der Waals surface area contributed by atoms with E-state index in [0.717, 1.165) is 0 Å². The van der Waals surface area contributed by atoms with Gasteiger partial charge >= 0.3 is 17.9 Å². The summed E-state index contributed by atoms with van der Waals surface area (Å²) in [5, 5.41) is 0. The van der Waals surface area contributed by atoms with Gasteiger partial charge < -0.3 is 47.4 Å². The van der Waals surface area contributed by atoms with Crippen LogP contribution < -0.4 is 0 Å². The number of esters is 3. The first-order valence-corrected chi connectivity index (χ1v) is 13.7. The molecule has 4 fully saturated rings. The van der Waals surface area contributed by atoms with Crippen molar-refractivity contribution in [1.29, 1.82) is 0 Å². The van der Waals surface area contributed by atoms with Crippen molar-refractivity contribution in [3.8, 4) is 0 Å². The first-order valence-electron chi connectivity index (χ1n) is 12.4. The van der Waals surface area contributed by atoms with Gasteiger partial charge in [0.05, 0.1) is 6.61 Å². The van der Waals surface area contributed by atoms with Gasteiger partial charge in [0.2, 0.25) is 0 Å². The molecular weight excluding hydrogens is 623 g/mol. The minimum Gasteiger partial charge on any atom is -0.463 e. The predicted molar refractivity (Wildman–Crippen MR) is 133 cm³/mol. The lowest BCUT2D eigenvalue weighted by Gasteiger charge is -2.44. The Hall–Kier alpha value is -1.14. The van der Waals surface area contributed by atoms with Crippen LogP contribution in [0, 0.1) is 0 Å². The molecule has 0 saturated carbocycles. The Balaban J connectivity index is 1.51. The molecule has 4 rings (SSSR count). The van der Waals surface area contributed by atoms with Crippen LogP contribution in [0.2, 0.25) is 0 Å². The van der Waals surface area contributed by atoms with E-state index in [9.17, 15) is 14.4 Å². The van der Waals surface area contributed by atoms with Gasteiger partial charge in [0.25, 0.3) is 0 Å². The smallest absolute Gasteiger partial charge is 0.303 e. The molecule has 4 aliphatic rings. The molecule has 0 bridgehead atoms. The third kappa shape index (κ3) is 6.77. The standard InChI is InChI=1S/C24H35IO13/c1-10(26)29-8-13-16(31-11(2)27)18(32-12(3)28)15(25)21(33-13)30-9-14-17-19(36-23(4,5)35-17)20-22(34-14)38-24(6,7)37-20/h13-22H,8-9H2,1-7H3/t13-,14-,15+,16-,17+,18-,19+,20-,21+,22-/m1/s1. The zero-order valence-electron chi connectivity index (χ0n) is 22.4. The summed E-state index contributed by atoms with van der Waals surface area (Å²) in [5.41, 5.74) is 0. The first kappa shape index (κ1) is 29.8. The molecule has 14 heteroatoms. The monoisotopic (exact) mass is 658 g/mol. The van der Waals surface area contributed by atoms with Crippen LogP contribution in [0.15, 0.2) is 0 Å². The molecule has 0 aromatic rings. The van der Waals surface area contributed by atoms with Crippen LogP contribution in [0.3, 0.4) is 0 Å². The number of carbonyl (C=O) groups excluding carboxylic acids is 3. The van der Waals surface area contributed by atoms with Gasteiger partial charge in [-0.25, -0.2) is 0 Å². The Bertz CT molecular complexity index is 910. The van der Waals surface area contributed by atoms with Crippen molar-refractivity contribution in [2.75, 3.05) is 13.2 Å². The summed E-state index contributed by atoms with van der Waals surface area (Å²) in [7, 11) is 0. The second-order valence-electron chi connectivity index (χ2n) is 10.5. The average molecular weight is 658 g/mol. The van der Waals surface area contributed by atoms with Crippen LogP contribution in [0.5, 0.6) is 0 Å². The normalized spacial score (nSPS) is 41.1. The quantitative estimate of drug-likeness (QED) is 0.168. The lowest BCUT2D eigenvalue weighted by atomic mass is 9.99.